The van der Waals surface area contributed by atoms with Crippen LogP contribution in [0.15, 0.2) is 48.5 Å². The van der Waals surface area contributed by atoms with Gasteiger partial charge in [0.15, 0.2) is 5.78 Å². The van der Waals surface area contributed by atoms with Crippen molar-refractivity contribution in [1.29, 1.82) is 5.26 Å². The molecule has 2 aromatic carbocycles. The summed E-state index contributed by atoms with van der Waals surface area (Å²) in [5.74, 6) is -0.477. The molecule has 0 spiro atoms. The predicted molar refractivity (Wildman–Crippen MR) is 81.5 cm³/mol. The maximum absolute atomic E-state index is 12.2. The average molecular weight is 300 g/mol. The lowest BCUT2D eigenvalue weighted by molar-refractivity contribution is -0.121. The first-order valence-corrected chi connectivity index (χ1v) is 6.86. The van der Waals surface area contributed by atoms with Gasteiger partial charge in [-0.1, -0.05) is 41.9 Å². The number of ether oxygens (including phenoxy) is 1. The monoisotopic (exact) mass is 299 g/mol. The number of Topliss-reactive ketones (excluding diaryl/α,β-unsaturated/α-hetero) is 1. The highest BCUT2D eigenvalue weighted by atomic mass is 35.5. The molecule has 1 atom stereocenters. The molecule has 0 amide bonds. The van der Waals surface area contributed by atoms with E-state index in [-0.39, 0.29) is 12.4 Å². The number of ketones is 1. The van der Waals surface area contributed by atoms with Crippen LogP contribution in [-0.2, 0) is 4.79 Å². The van der Waals surface area contributed by atoms with Gasteiger partial charge in [-0.25, -0.2) is 0 Å². The largest absolute Gasteiger partial charge is 0.485 e. The fourth-order valence-corrected chi connectivity index (χ4v) is 2.21. The summed E-state index contributed by atoms with van der Waals surface area (Å²) in [5, 5.41) is 9.81. The molecular weight excluding hydrogens is 286 g/mol. The van der Waals surface area contributed by atoms with Crippen molar-refractivity contribution in [3.8, 4) is 11.8 Å². The normalized spacial score (nSPS) is 11.5. The van der Waals surface area contributed by atoms with Crippen LogP contribution in [0.4, 0.5) is 0 Å². The van der Waals surface area contributed by atoms with Gasteiger partial charge >= 0.3 is 0 Å². The van der Waals surface area contributed by atoms with E-state index in [0.717, 1.165) is 5.56 Å². The van der Waals surface area contributed by atoms with Gasteiger partial charge < -0.3 is 4.74 Å². The van der Waals surface area contributed by atoms with E-state index >= 15 is 0 Å². The van der Waals surface area contributed by atoms with Gasteiger partial charge in [-0.2, -0.15) is 5.26 Å². The Morgan fingerprint density at radius 2 is 2.00 bits per heavy atom. The first-order valence-electron chi connectivity index (χ1n) is 6.48. The van der Waals surface area contributed by atoms with Crippen molar-refractivity contribution < 1.29 is 9.53 Å². The van der Waals surface area contributed by atoms with Crippen molar-refractivity contribution in [2.24, 2.45) is 0 Å². The van der Waals surface area contributed by atoms with E-state index in [9.17, 15) is 10.1 Å². The Morgan fingerprint density at radius 1 is 1.29 bits per heavy atom. The molecule has 2 aromatic rings. The van der Waals surface area contributed by atoms with Crippen molar-refractivity contribution in [3.63, 3.8) is 0 Å². The van der Waals surface area contributed by atoms with E-state index in [0.29, 0.717) is 16.3 Å². The second kappa shape index (κ2) is 6.92. The SMILES string of the molecule is Cc1cc(Cl)ccc1OCC(=O)C(C#N)c1ccccc1. The zero-order valence-corrected chi connectivity index (χ0v) is 12.3. The van der Waals surface area contributed by atoms with Crippen LogP contribution in [0, 0.1) is 18.3 Å². The molecule has 0 saturated carbocycles. The summed E-state index contributed by atoms with van der Waals surface area (Å²) in [6.45, 7) is 1.71. The molecule has 0 aliphatic heterocycles. The summed E-state index contributed by atoms with van der Waals surface area (Å²) in [4.78, 5) is 12.2. The van der Waals surface area contributed by atoms with Gasteiger partial charge in [0, 0.05) is 5.02 Å². The Hall–Kier alpha value is -2.31. The van der Waals surface area contributed by atoms with E-state index in [1.165, 1.54) is 0 Å². The lowest BCUT2D eigenvalue weighted by atomic mass is 9.97. The molecule has 0 N–H and O–H groups in total. The van der Waals surface area contributed by atoms with E-state index < -0.39 is 5.92 Å². The van der Waals surface area contributed by atoms with E-state index in [1.54, 1.807) is 42.5 Å². The summed E-state index contributed by atoms with van der Waals surface area (Å²) < 4.78 is 5.50. The number of rotatable bonds is 5. The first-order chi connectivity index (χ1) is 10.1. The van der Waals surface area contributed by atoms with Crippen LogP contribution in [0.2, 0.25) is 5.02 Å². The Labute approximate surface area is 128 Å². The van der Waals surface area contributed by atoms with Crippen molar-refractivity contribution in [1.82, 2.24) is 0 Å². The maximum atomic E-state index is 12.2. The second-order valence-electron chi connectivity index (χ2n) is 4.64. The van der Waals surface area contributed by atoms with Crippen molar-refractivity contribution in [3.05, 3.63) is 64.7 Å². The highest BCUT2D eigenvalue weighted by Crippen LogP contribution is 2.22. The minimum atomic E-state index is -0.807. The van der Waals surface area contributed by atoms with Crippen LogP contribution < -0.4 is 4.74 Å². The highest BCUT2D eigenvalue weighted by Gasteiger charge is 2.20. The third-order valence-electron chi connectivity index (χ3n) is 3.09. The zero-order valence-electron chi connectivity index (χ0n) is 11.5. The summed E-state index contributed by atoms with van der Waals surface area (Å²) >= 11 is 5.87. The number of aryl methyl sites for hydroxylation is 1. The van der Waals surface area contributed by atoms with Crippen LogP contribution >= 0.6 is 11.6 Å². The van der Waals surface area contributed by atoms with Gasteiger partial charge in [0.1, 0.15) is 18.3 Å². The summed E-state index contributed by atoms with van der Waals surface area (Å²) in [6.07, 6.45) is 0. The summed E-state index contributed by atoms with van der Waals surface area (Å²) in [7, 11) is 0. The van der Waals surface area contributed by atoms with Crippen molar-refractivity contribution >= 4 is 17.4 Å². The predicted octanol–water partition coefficient (Wildman–Crippen LogP) is 3.90. The van der Waals surface area contributed by atoms with Gasteiger partial charge in [-0.15, -0.1) is 0 Å². The number of hydrogen-bond acceptors (Lipinski definition) is 3. The van der Waals surface area contributed by atoms with Crippen LogP contribution in [-0.4, -0.2) is 12.4 Å². The fraction of sp³-hybridized carbons (Fsp3) is 0.176. The maximum Gasteiger partial charge on any atom is 0.191 e. The molecule has 0 aliphatic rings. The van der Waals surface area contributed by atoms with Crippen LogP contribution in [0.5, 0.6) is 5.75 Å². The first kappa shape index (κ1) is 15.1. The molecule has 2 rings (SSSR count). The molecule has 0 aromatic heterocycles. The molecule has 0 fully saturated rings. The zero-order chi connectivity index (χ0) is 15.2. The Morgan fingerprint density at radius 3 is 2.62 bits per heavy atom. The molecule has 0 heterocycles. The van der Waals surface area contributed by atoms with Gasteiger partial charge in [-0.3, -0.25) is 4.79 Å². The number of halogens is 1. The average Bonchev–Trinajstić information content (AvgIpc) is 2.48. The minimum absolute atomic E-state index is 0.143. The Kier molecular flexibility index (Phi) is 4.97. The van der Waals surface area contributed by atoms with Crippen LogP contribution in [0.3, 0.4) is 0 Å². The molecule has 0 bridgehead atoms. The summed E-state index contributed by atoms with van der Waals surface area (Å²) in [6, 6.07) is 16.2. The number of benzene rings is 2. The molecular formula is C17H14ClNO2. The lowest BCUT2D eigenvalue weighted by Gasteiger charge is -2.11. The fourth-order valence-electron chi connectivity index (χ4n) is 1.98. The number of carbonyl (C=O) groups is 1. The summed E-state index contributed by atoms with van der Waals surface area (Å²) in [5.41, 5.74) is 1.53. The quantitative estimate of drug-likeness (QED) is 0.841. The minimum Gasteiger partial charge on any atom is -0.485 e. The van der Waals surface area contributed by atoms with Crippen LogP contribution in [0.1, 0.15) is 17.0 Å². The Balaban J connectivity index is 2.06. The molecule has 0 saturated heterocycles. The molecule has 0 aliphatic carbocycles. The van der Waals surface area contributed by atoms with Gasteiger partial charge in [0.05, 0.1) is 6.07 Å². The smallest absolute Gasteiger partial charge is 0.191 e. The lowest BCUT2D eigenvalue weighted by Crippen LogP contribution is -2.19. The molecule has 3 nitrogen and oxygen atoms in total. The molecule has 0 radical (unpaired) electrons. The van der Waals surface area contributed by atoms with Gasteiger partial charge in [0.25, 0.3) is 0 Å². The number of hydrogen-bond donors (Lipinski definition) is 0. The second-order valence-corrected chi connectivity index (χ2v) is 5.07. The number of nitrogens with zero attached hydrogens (tertiary/aromatic N) is 1. The topological polar surface area (TPSA) is 50.1 Å². The third-order valence-corrected chi connectivity index (χ3v) is 3.33. The van der Waals surface area contributed by atoms with E-state index in [4.69, 9.17) is 16.3 Å². The Bertz CT molecular complexity index is 677. The molecule has 106 valence electrons. The van der Waals surface area contributed by atoms with Gasteiger partial charge in [0.2, 0.25) is 0 Å². The van der Waals surface area contributed by atoms with Crippen molar-refractivity contribution in [2.75, 3.05) is 6.61 Å². The van der Waals surface area contributed by atoms with Crippen molar-refractivity contribution in [2.45, 2.75) is 12.8 Å². The van der Waals surface area contributed by atoms with E-state index in [2.05, 4.69) is 0 Å². The van der Waals surface area contributed by atoms with E-state index in [1.807, 2.05) is 19.1 Å². The number of carbonyl (C=O) groups excluding carboxylic acids is 1. The standard InChI is InChI=1S/C17H14ClNO2/c1-12-9-14(18)7-8-17(12)21-11-16(20)15(10-19)13-5-3-2-4-6-13/h2-9,15H,11H2,1H3. The molecule has 4 heteroatoms. The highest BCUT2D eigenvalue weighted by molar-refractivity contribution is 6.30. The number of nitriles is 1. The molecule has 21 heavy (non-hydrogen) atoms. The molecule has 1 unspecified atom stereocenters. The third kappa shape index (κ3) is 3.84. The van der Waals surface area contributed by atoms with Gasteiger partial charge in [-0.05, 0) is 36.2 Å². The van der Waals surface area contributed by atoms with Crippen LogP contribution in [0.25, 0.3) is 0 Å².